The molecule has 0 saturated heterocycles. The number of ether oxygens (including phenoxy) is 1. The van der Waals surface area contributed by atoms with Crippen LogP contribution in [0.3, 0.4) is 0 Å². The topological polar surface area (TPSA) is 72.5 Å². The van der Waals surface area contributed by atoms with Crippen molar-refractivity contribution in [1.82, 2.24) is 0 Å². The number of ketones is 1. The van der Waals surface area contributed by atoms with Gasteiger partial charge in [-0.2, -0.15) is 0 Å². The van der Waals surface area contributed by atoms with Gasteiger partial charge in [-0.05, 0) is 38.5 Å². The summed E-state index contributed by atoms with van der Waals surface area (Å²) in [6, 6.07) is 6.16. The van der Waals surface area contributed by atoms with Gasteiger partial charge in [0.15, 0.2) is 5.78 Å². The number of halogens is 1. The lowest BCUT2D eigenvalue weighted by Crippen LogP contribution is -2.16. The third-order valence-corrected chi connectivity index (χ3v) is 5.75. The summed E-state index contributed by atoms with van der Waals surface area (Å²) in [4.78, 5) is 36.9. The Hall–Kier alpha value is -2.19. The number of benzene rings is 1. The molecule has 2 rings (SSSR count). The molecule has 0 bridgehead atoms. The summed E-state index contributed by atoms with van der Waals surface area (Å²) in [5.41, 5.74) is 0.671. The zero-order chi connectivity index (χ0) is 19.3. The second kappa shape index (κ2) is 8.95. The third kappa shape index (κ3) is 4.70. The van der Waals surface area contributed by atoms with E-state index in [1.807, 2.05) is 0 Å². The number of amides is 1. The lowest BCUT2D eigenvalue weighted by Gasteiger charge is -2.07. The highest BCUT2D eigenvalue weighted by atomic mass is 32.2. The average Bonchev–Trinajstić information content (AvgIpc) is 2.90. The summed E-state index contributed by atoms with van der Waals surface area (Å²) in [5.74, 6) is -1.62. The van der Waals surface area contributed by atoms with Crippen LogP contribution in [0, 0.1) is 12.7 Å². The van der Waals surface area contributed by atoms with Gasteiger partial charge < -0.3 is 10.1 Å². The molecule has 0 aliphatic carbocycles. The molecule has 1 amide bonds. The molecule has 0 spiro atoms. The second-order valence-electron chi connectivity index (χ2n) is 5.30. The first kappa shape index (κ1) is 20.1. The number of thioether (sulfide) groups is 1. The molecule has 26 heavy (non-hydrogen) atoms. The summed E-state index contributed by atoms with van der Waals surface area (Å²) >= 11 is 2.09. The Morgan fingerprint density at radius 1 is 1.27 bits per heavy atom. The summed E-state index contributed by atoms with van der Waals surface area (Å²) in [6.45, 7) is 4.89. The van der Waals surface area contributed by atoms with Crippen molar-refractivity contribution in [1.29, 1.82) is 0 Å². The van der Waals surface area contributed by atoms with Crippen LogP contribution in [0.5, 0.6) is 0 Å². The fourth-order valence-electron chi connectivity index (χ4n) is 2.25. The second-order valence-corrected chi connectivity index (χ2v) is 7.34. The predicted molar refractivity (Wildman–Crippen MR) is 101 cm³/mol. The van der Waals surface area contributed by atoms with Crippen LogP contribution in [0.1, 0.15) is 39.4 Å². The van der Waals surface area contributed by atoms with E-state index in [9.17, 15) is 18.8 Å². The highest BCUT2D eigenvalue weighted by Gasteiger charge is 2.25. The number of hydrogen-bond donors (Lipinski definition) is 1. The van der Waals surface area contributed by atoms with Gasteiger partial charge in [0.2, 0.25) is 5.91 Å². The van der Waals surface area contributed by atoms with Crippen LogP contribution >= 0.6 is 23.1 Å². The summed E-state index contributed by atoms with van der Waals surface area (Å²) in [6.07, 6.45) is 0. The molecule has 5 nitrogen and oxygen atoms in total. The Balaban J connectivity index is 2.18. The van der Waals surface area contributed by atoms with Gasteiger partial charge in [0.25, 0.3) is 0 Å². The van der Waals surface area contributed by atoms with Gasteiger partial charge in [0.1, 0.15) is 10.8 Å². The Kier molecular flexibility index (Phi) is 6.93. The van der Waals surface area contributed by atoms with Crippen molar-refractivity contribution < 1.29 is 23.5 Å². The molecule has 138 valence electrons. The number of esters is 1. The molecule has 8 heteroatoms. The van der Waals surface area contributed by atoms with Crippen LogP contribution in [0.25, 0.3) is 0 Å². The maximum atomic E-state index is 13.6. The zero-order valence-corrected chi connectivity index (χ0v) is 16.2. The maximum absolute atomic E-state index is 13.6. The van der Waals surface area contributed by atoms with Crippen LogP contribution in [0.4, 0.5) is 9.39 Å². The number of thiophene rings is 1. The van der Waals surface area contributed by atoms with E-state index in [-0.39, 0.29) is 28.7 Å². The van der Waals surface area contributed by atoms with Crippen LogP contribution in [0.2, 0.25) is 0 Å². The number of anilines is 1. The Morgan fingerprint density at radius 2 is 1.96 bits per heavy atom. The fraction of sp³-hybridized carbons (Fsp3) is 0.278. The summed E-state index contributed by atoms with van der Waals surface area (Å²) < 4.78 is 18.6. The normalized spacial score (nSPS) is 10.5. The molecule has 0 atom stereocenters. The number of carbonyl (C=O) groups excluding carboxylic acids is 3. The van der Waals surface area contributed by atoms with Gasteiger partial charge in [-0.25, -0.2) is 9.18 Å². The molecular formula is C18H18FNO4S2. The van der Waals surface area contributed by atoms with Crippen LogP contribution in [-0.4, -0.2) is 30.0 Å². The van der Waals surface area contributed by atoms with Crippen molar-refractivity contribution in [2.24, 2.45) is 0 Å². The van der Waals surface area contributed by atoms with E-state index in [1.54, 1.807) is 32.0 Å². The number of hydrogen-bond acceptors (Lipinski definition) is 6. The molecule has 0 aliphatic rings. The maximum Gasteiger partial charge on any atom is 0.341 e. The predicted octanol–water partition coefficient (Wildman–Crippen LogP) is 4.31. The first-order chi connectivity index (χ1) is 12.3. The van der Waals surface area contributed by atoms with Crippen molar-refractivity contribution in [3.8, 4) is 0 Å². The van der Waals surface area contributed by atoms with Crippen LogP contribution < -0.4 is 5.32 Å². The molecule has 0 saturated carbocycles. The molecule has 1 aromatic heterocycles. The smallest absolute Gasteiger partial charge is 0.341 e. The average molecular weight is 395 g/mol. The monoisotopic (exact) mass is 395 g/mol. The highest BCUT2D eigenvalue weighted by Crippen LogP contribution is 2.34. The lowest BCUT2D eigenvalue weighted by atomic mass is 10.1. The van der Waals surface area contributed by atoms with Gasteiger partial charge in [-0.3, -0.25) is 9.59 Å². The molecule has 1 N–H and O–H groups in total. The molecule has 0 aliphatic heterocycles. The van der Waals surface area contributed by atoms with E-state index < -0.39 is 17.7 Å². The number of nitrogens with one attached hydrogen (secondary N) is 1. The largest absolute Gasteiger partial charge is 0.462 e. The quantitative estimate of drug-likeness (QED) is 0.430. The number of carbonyl (C=O) groups is 3. The van der Waals surface area contributed by atoms with Crippen molar-refractivity contribution in [3.05, 3.63) is 46.1 Å². The van der Waals surface area contributed by atoms with Crippen LogP contribution in [-0.2, 0) is 9.53 Å². The van der Waals surface area contributed by atoms with Crippen LogP contribution in [0.15, 0.2) is 29.2 Å². The Bertz CT molecular complexity index is 848. The SMILES string of the molecule is CCOC(=O)c1c(NC(=O)CSc2ccccc2F)sc(C(C)=O)c1C. The van der Waals surface area contributed by atoms with E-state index in [1.165, 1.54) is 13.0 Å². The summed E-state index contributed by atoms with van der Waals surface area (Å²) in [7, 11) is 0. The molecule has 0 radical (unpaired) electrons. The fourth-order valence-corrected chi connectivity index (χ4v) is 4.10. The molecule has 0 unspecified atom stereocenters. The van der Waals surface area contributed by atoms with E-state index in [0.717, 1.165) is 23.1 Å². The van der Waals surface area contributed by atoms with Gasteiger partial charge >= 0.3 is 5.97 Å². The summed E-state index contributed by atoms with van der Waals surface area (Å²) in [5, 5.41) is 2.91. The number of Topliss-reactive ketones (excluding diaryl/α,β-unsaturated/α-hetero) is 1. The number of rotatable bonds is 7. The van der Waals surface area contributed by atoms with Crippen molar-refractivity contribution in [2.45, 2.75) is 25.7 Å². The van der Waals surface area contributed by atoms with E-state index in [4.69, 9.17) is 4.74 Å². The van der Waals surface area contributed by atoms with E-state index in [0.29, 0.717) is 15.3 Å². The molecule has 1 aromatic carbocycles. The van der Waals surface area contributed by atoms with Gasteiger partial charge in [0.05, 0.1) is 22.8 Å². The van der Waals surface area contributed by atoms with E-state index >= 15 is 0 Å². The third-order valence-electron chi connectivity index (χ3n) is 3.39. The van der Waals surface area contributed by atoms with E-state index in [2.05, 4.69) is 5.32 Å². The molecule has 2 aromatic rings. The van der Waals surface area contributed by atoms with Gasteiger partial charge in [-0.15, -0.1) is 23.1 Å². The molecule has 1 heterocycles. The molecule has 0 fully saturated rings. The Morgan fingerprint density at radius 3 is 2.58 bits per heavy atom. The van der Waals surface area contributed by atoms with Gasteiger partial charge in [0, 0.05) is 4.90 Å². The Labute approximate surface area is 158 Å². The minimum atomic E-state index is -0.592. The lowest BCUT2D eigenvalue weighted by molar-refractivity contribution is -0.113. The van der Waals surface area contributed by atoms with Crippen molar-refractivity contribution in [3.63, 3.8) is 0 Å². The van der Waals surface area contributed by atoms with Gasteiger partial charge in [-0.1, -0.05) is 12.1 Å². The van der Waals surface area contributed by atoms with Crippen molar-refractivity contribution in [2.75, 3.05) is 17.7 Å². The minimum Gasteiger partial charge on any atom is -0.462 e. The zero-order valence-electron chi connectivity index (χ0n) is 14.6. The minimum absolute atomic E-state index is 0.0322. The standard InChI is InChI=1S/C18H18FNO4S2/c1-4-24-18(23)15-10(2)16(11(3)21)26-17(15)20-14(22)9-25-13-8-6-5-7-12(13)19/h5-8H,4,9H2,1-3H3,(H,20,22). The van der Waals surface area contributed by atoms with Crippen molar-refractivity contribution >= 4 is 45.8 Å². The first-order valence-corrected chi connectivity index (χ1v) is 9.64. The highest BCUT2D eigenvalue weighted by molar-refractivity contribution is 8.00. The first-order valence-electron chi connectivity index (χ1n) is 7.83. The molecular weight excluding hydrogens is 377 g/mol.